The summed E-state index contributed by atoms with van der Waals surface area (Å²) >= 11 is 1.70. The Morgan fingerprint density at radius 2 is 2.56 bits per heavy atom. The summed E-state index contributed by atoms with van der Waals surface area (Å²) in [6, 6.07) is 0. The van der Waals surface area contributed by atoms with Crippen LogP contribution in [0.4, 0.5) is 0 Å². The fraction of sp³-hybridized carbons (Fsp3) is 0.500. The lowest BCUT2D eigenvalue weighted by atomic mass is 10.4. The Bertz CT molecular complexity index is 185. The first kappa shape index (κ1) is 6.68. The van der Waals surface area contributed by atoms with Crippen LogP contribution in [0.1, 0.15) is 12.5 Å². The maximum atomic E-state index is 4.73. The molecule has 50 valence electrons. The van der Waals surface area contributed by atoms with E-state index < -0.39 is 0 Å². The Morgan fingerprint density at radius 1 is 1.78 bits per heavy atom. The van der Waals surface area contributed by atoms with Crippen LogP contribution in [0.25, 0.3) is 0 Å². The topological polar surface area (TPSA) is 26.0 Å². The minimum atomic E-state index is 1.01. The first-order chi connectivity index (χ1) is 4.34. The van der Waals surface area contributed by atoms with Gasteiger partial charge in [0.25, 0.3) is 0 Å². The highest BCUT2D eigenvalue weighted by atomic mass is 32.2. The zero-order valence-electron chi connectivity index (χ0n) is 5.55. The van der Waals surface area contributed by atoms with Crippen molar-refractivity contribution in [2.45, 2.75) is 18.9 Å². The molecule has 1 aromatic rings. The molecule has 1 aromatic heterocycles. The monoisotopic (exact) mass is 143 g/mol. The van der Waals surface area contributed by atoms with E-state index in [2.05, 4.69) is 12.1 Å². The third-order valence-electron chi connectivity index (χ3n) is 0.983. The van der Waals surface area contributed by atoms with Gasteiger partial charge < -0.3 is 4.52 Å². The number of hydrogen-bond acceptors (Lipinski definition) is 3. The second-order valence-electron chi connectivity index (χ2n) is 1.74. The molecule has 0 N–H and O–H groups in total. The Hall–Kier alpha value is -0.440. The van der Waals surface area contributed by atoms with Crippen LogP contribution >= 0.6 is 11.8 Å². The van der Waals surface area contributed by atoms with Gasteiger partial charge in [-0.3, -0.25) is 0 Å². The first-order valence-corrected chi connectivity index (χ1v) is 3.87. The van der Waals surface area contributed by atoms with E-state index in [0.717, 1.165) is 16.3 Å². The van der Waals surface area contributed by atoms with E-state index in [1.165, 1.54) is 0 Å². The summed E-state index contributed by atoms with van der Waals surface area (Å²) in [5.41, 5.74) is 1.13. The lowest BCUT2D eigenvalue weighted by Gasteiger charge is -1.88. The van der Waals surface area contributed by atoms with E-state index in [0.29, 0.717) is 0 Å². The van der Waals surface area contributed by atoms with Crippen molar-refractivity contribution in [1.29, 1.82) is 0 Å². The van der Waals surface area contributed by atoms with Gasteiger partial charge >= 0.3 is 0 Å². The van der Waals surface area contributed by atoms with Crippen molar-refractivity contribution in [3.63, 3.8) is 0 Å². The van der Waals surface area contributed by atoms with Crippen molar-refractivity contribution in [2.24, 2.45) is 0 Å². The summed E-state index contributed by atoms with van der Waals surface area (Å²) in [4.78, 5) is 0. The molecule has 0 amide bonds. The van der Waals surface area contributed by atoms with E-state index in [1.807, 2.05) is 6.92 Å². The van der Waals surface area contributed by atoms with E-state index >= 15 is 0 Å². The summed E-state index contributed by atoms with van der Waals surface area (Å²) in [5.74, 6) is 1.05. The fourth-order valence-electron chi connectivity index (χ4n) is 0.553. The molecule has 0 saturated heterocycles. The van der Waals surface area contributed by atoms with Crippen LogP contribution in [0.2, 0.25) is 0 Å². The molecule has 0 bridgehead atoms. The Labute approximate surface area is 58.6 Å². The molecular weight excluding hydrogens is 134 g/mol. The number of rotatable bonds is 2. The maximum Gasteiger partial charge on any atom is 0.142 e. The van der Waals surface area contributed by atoms with Crippen LogP contribution < -0.4 is 0 Å². The van der Waals surface area contributed by atoms with Crippen LogP contribution in [-0.2, 0) is 0 Å². The molecule has 0 radical (unpaired) electrons. The number of hydrogen-bond donors (Lipinski definition) is 0. The lowest BCUT2D eigenvalue weighted by Crippen LogP contribution is -1.73. The highest BCUT2D eigenvalue weighted by Crippen LogP contribution is 2.18. The van der Waals surface area contributed by atoms with Gasteiger partial charge in [0.1, 0.15) is 11.3 Å². The summed E-state index contributed by atoms with van der Waals surface area (Å²) in [7, 11) is 0. The molecule has 0 atom stereocenters. The summed E-state index contributed by atoms with van der Waals surface area (Å²) in [6.45, 7) is 4.09. The lowest BCUT2D eigenvalue weighted by molar-refractivity contribution is 0.404. The third-order valence-corrected chi connectivity index (χ3v) is 1.94. The SMILES string of the molecule is CCSc1nocc1C. The molecule has 0 aliphatic rings. The minimum Gasteiger partial charge on any atom is -0.363 e. The quantitative estimate of drug-likeness (QED) is 0.593. The second kappa shape index (κ2) is 2.92. The molecule has 0 aliphatic heterocycles. The van der Waals surface area contributed by atoms with Crippen molar-refractivity contribution >= 4 is 11.8 Å². The Morgan fingerprint density at radius 3 is 3.00 bits per heavy atom. The van der Waals surface area contributed by atoms with E-state index in [9.17, 15) is 0 Å². The maximum absolute atomic E-state index is 4.73. The van der Waals surface area contributed by atoms with Gasteiger partial charge in [0.05, 0.1) is 0 Å². The molecule has 0 saturated carbocycles. The van der Waals surface area contributed by atoms with Crippen molar-refractivity contribution < 1.29 is 4.52 Å². The van der Waals surface area contributed by atoms with Gasteiger partial charge in [-0.05, 0) is 12.7 Å². The van der Waals surface area contributed by atoms with Gasteiger partial charge in [0.15, 0.2) is 0 Å². The number of nitrogens with zero attached hydrogens (tertiary/aromatic N) is 1. The van der Waals surface area contributed by atoms with Gasteiger partial charge in [0.2, 0.25) is 0 Å². The Balaban J connectivity index is 2.69. The molecule has 1 heterocycles. The average Bonchev–Trinajstić information content (AvgIpc) is 2.18. The van der Waals surface area contributed by atoms with Crippen LogP contribution in [0, 0.1) is 6.92 Å². The highest BCUT2D eigenvalue weighted by molar-refractivity contribution is 7.99. The standard InChI is InChI=1S/C6H9NOS/c1-3-9-6-5(2)4-8-7-6/h4H,3H2,1-2H3. The molecule has 0 aliphatic carbocycles. The molecule has 2 nitrogen and oxygen atoms in total. The number of aromatic nitrogens is 1. The fourth-order valence-corrected chi connectivity index (χ4v) is 1.20. The predicted molar refractivity (Wildman–Crippen MR) is 37.6 cm³/mol. The van der Waals surface area contributed by atoms with Gasteiger partial charge in [-0.15, -0.1) is 11.8 Å². The molecule has 1 rings (SSSR count). The van der Waals surface area contributed by atoms with Crippen molar-refractivity contribution in [3.05, 3.63) is 11.8 Å². The van der Waals surface area contributed by atoms with Gasteiger partial charge in [-0.1, -0.05) is 12.1 Å². The van der Waals surface area contributed by atoms with Crippen LogP contribution in [-0.4, -0.2) is 10.9 Å². The first-order valence-electron chi connectivity index (χ1n) is 2.88. The number of thioether (sulfide) groups is 1. The molecule has 3 heteroatoms. The van der Waals surface area contributed by atoms with E-state index in [1.54, 1.807) is 18.0 Å². The van der Waals surface area contributed by atoms with Crippen molar-refractivity contribution in [3.8, 4) is 0 Å². The summed E-state index contributed by atoms with van der Waals surface area (Å²) in [6.07, 6.45) is 1.66. The van der Waals surface area contributed by atoms with Gasteiger partial charge in [-0.25, -0.2) is 0 Å². The van der Waals surface area contributed by atoms with Crippen molar-refractivity contribution in [2.75, 3.05) is 5.75 Å². The van der Waals surface area contributed by atoms with Crippen LogP contribution in [0.3, 0.4) is 0 Å². The van der Waals surface area contributed by atoms with Gasteiger partial charge in [0, 0.05) is 5.56 Å². The normalized spacial score (nSPS) is 10.0. The minimum absolute atomic E-state index is 1.01. The van der Waals surface area contributed by atoms with Crippen LogP contribution in [0.5, 0.6) is 0 Å². The van der Waals surface area contributed by atoms with E-state index in [4.69, 9.17) is 4.52 Å². The van der Waals surface area contributed by atoms with Gasteiger partial charge in [-0.2, -0.15) is 0 Å². The summed E-state index contributed by atoms with van der Waals surface area (Å²) in [5, 5.41) is 4.81. The van der Waals surface area contributed by atoms with Crippen molar-refractivity contribution in [1.82, 2.24) is 5.16 Å². The largest absolute Gasteiger partial charge is 0.363 e. The molecule has 0 spiro atoms. The molecule has 9 heavy (non-hydrogen) atoms. The van der Waals surface area contributed by atoms with E-state index in [-0.39, 0.29) is 0 Å². The molecule has 0 unspecified atom stereocenters. The molecular formula is C6H9NOS. The Kier molecular flexibility index (Phi) is 2.16. The molecule has 0 aromatic carbocycles. The number of aryl methyl sites for hydroxylation is 1. The molecule has 0 fully saturated rings. The third kappa shape index (κ3) is 1.48. The smallest absolute Gasteiger partial charge is 0.142 e. The second-order valence-corrected chi connectivity index (χ2v) is 2.99. The summed E-state index contributed by atoms with van der Waals surface area (Å²) < 4.78 is 4.73. The zero-order chi connectivity index (χ0) is 6.69. The average molecular weight is 143 g/mol. The predicted octanol–water partition coefficient (Wildman–Crippen LogP) is 2.10. The van der Waals surface area contributed by atoms with Crippen LogP contribution in [0.15, 0.2) is 15.8 Å². The zero-order valence-corrected chi connectivity index (χ0v) is 6.36. The highest BCUT2D eigenvalue weighted by Gasteiger charge is 1.99.